The van der Waals surface area contributed by atoms with Gasteiger partial charge in [-0.1, -0.05) is 43.3 Å². The van der Waals surface area contributed by atoms with Crippen LogP contribution in [0.1, 0.15) is 31.7 Å². The molecule has 0 heterocycles. The molecule has 1 aromatic rings. The molecule has 2 nitrogen and oxygen atoms in total. The summed E-state index contributed by atoms with van der Waals surface area (Å²) in [4.78, 5) is 11.3. The Morgan fingerprint density at radius 3 is 2.59 bits per heavy atom. The smallest absolute Gasteiger partial charge is 0.130 e. The van der Waals surface area contributed by atoms with Crippen LogP contribution in [0.3, 0.4) is 0 Å². The Morgan fingerprint density at radius 2 is 2.06 bits per heavy atom. The quantitative estimate of drug-likeness (QED) is 0.723. The largest absolute Gasteiger partial charge is 0.300 e. The zero-order chi connectivity index (χ0) is 12.7. The molecule has 0 radical (unpaired) electrons. The van der Waals surface area contributed by atoms with Gasteiger partial charge in [0.15, 0.2) is 0 Å². The average Bonchev–Trinajstić information content (AvgIpc) is 2.34. The Hall–Kier alpha value is -1.88. The van der Waals surface area contributed by atoms with Gasteiger partial charge in [-0.25, -0.2) is 0 Å². The third-order valence-corrected chi connectivity index (χ3v) is 2.84. The lowest BCUT2D eigenvalue weighted by Crippen LogP contribution is -2.11. The highest BCUT2D eigenvalue weighted by Gasteiger charge is 2.18. The van der Waals surface area contributed by atoms with Gasteiger partial charge in [-0.3, -0.25) is 0 Å². The summed E-state index contributed by atoms with van der Waals surface area (Å²) in [6.07, 6.45) is 3.86. The fourth-order valence-electron chi connectivity index (χ4n) is 1.95. The van der Waals surface area contributed by atoms with E-state index in [1.165, 1.54) is 6.08 Å². The van der Waals surface area contributed by atoms with Crippen molar-refractivity contribution in [3.63, 3.8) is 0 Å². The van der Waals surface area contributed by atoms with Crippen molar-refractivity contribution >= 4 is 5.78 Å². The molecule has 0 N–H and O–H groups in total. The summed E-state index contributed by atoms with van der Waals surface area (Å²) < 4.78 is 0. The lowest BCUT2D eigenvalue weighted by molar-refractivity contribution is -0.117. The Labute approximate surface area is 103 Å². The molecule has 0 bridgehead atoms. The molecule has 1 aromatic carbocycles. The molecule has 1 rings (SSSR count). The molecule has 0 aromatic heterocycles. The van der Waals surface area contributed by atoms with Gasteiger partial charge in [0.25, 0.3) is 0 Å². The van der Waals surface area contributed by atoms with Crippen LogP contribution >= 0.6 is 0 Å². The van der Waals surface area contributed by atoms with Crippen LogP contribution in [0.15, 0.2) is 42.5 Å². The second kappa shape index (κ2) is 6.65. The molecule has 0 aliphatic carbocycles. The zero-order valence-corrected chi connectivity index (χ0v) is 10.3. The van der Waals surface area contributed by atoms with Gasteiger partial charge in [0.05, 0.1) is 6.07 Å². The van der Waals surface area contributed by atoms with E-state index in [9.17, 15) is 4.79 Å². The number of ketones is 1. The Balaban J connectivity index is 2.92. The van der Waals surface area contributed by atoms with Crippen LogP contribution in [0, 0.1) is 17.2 Å². The van der Waals surface area contributed by atoms with E-state index >= 15 is 0 Å². The molecule has 0 fully saturated rings. The maximum atomic E-state index is 11.3. The number of nitriles is 1. The summed E-state index contributed by atoms with van der Waals surface area (Å²) in [6.45, 7) is 3.64. The number of carbonyl (C=O) groups excluding carboxylic acids is 1. The number of hydrogen-bond acceptors (Lipinski definition) is 2. The van der Waals surface area contributed by atoms with Crippen molar-refractivity contribution in [2.24, 2.45) is 5.92 Å². The minimum atomic E-state index is 0.151. The second-order valence-corrected chi connectivity index (χ2v) is 4.27. The van der Waals surface area contributed by atoms with Gasteiger partial charge >= 0.3 is 0 Å². The van der Waals surface area contributed by atoms with Gasteiger partial charge in [0.1, 0.15) is 5.78 Å². The first-order valence-electron chi connectivity index (χ1n) is 5.75. The van der Waals surface area contributed by atoms with E-state index in [4.69, 9.17) is 5.26 Å². The standard InChI is InChI=1S/C15H17NO/c1-12(7-6-10-16)15(11-13(2)17)14-8-4-3-5-9-14/h3-9,12,15H,11H2,1-2H3/b7-6-/t12-,15-/m1/s1. The molecule has 2 heteroatoms. The van der Waals surface area contributed by atoms with Gasteiger partial charge in [-0.2, -0.15) is 5.26 Å². The minimum absolute atomic E-state index is 0.151. The predicted molar refractivity (Wildman–Crippen MR) is 68.4 cm³/mol. The van der Waals surface area contributed by atoms with Crippen LogP contribution in [0.2, 0.25) is 0 Å². The molecule has 88 valence electrons. The van der Waals surface area contributed by atoms with E-state index < -0.39 is 0 Å². The van der Waals surface area contributed by atoms with Gasteiger partial charge < -0.3 is 4.79 Å². The average molecular weight is 227 g/mol. The summed E-state index contributed by atoms with van der Waals surface area (Å²) in [6, 6.07) is 12.0. The molecular formula is C15H17NO. The van der Waals surface area contributed by atoms with Crippen LogP contribution in [0.25, 0.3) is 0 Å². The fraction of sp³-hybridized carbons (Fsp3) is 0.333. The van der Waals surface area contributed by atoms with Crippen LogP contribution in [-0.4, -0.2) is 5.78 Å². The lowest BCUT2D eigenvalue weighted by Gasteiger charge is -2.20. The summed E-state index contributed by atoms with van der Waals surface area (Å²) in [5, 5.41) is 8.55. The van der Waals surface area contributed by atoms with Gasteiger partial charge in [-0.05, 0) is 24.3 Å². The number of rotatable bonds is 5. The molecule has 0 unspecified atom stereocenters. The Bertz CT molecular complexity index is 428. The monoisotopic (exact) mass is 227 g/mol. The Morgan fingerprint density at radius 1 is 1.41 bits per heavy atom. The molecule has 2 atom stereocenters. The molecule has 0 amide bonds. The van der Waals surface area contributed by atoms with Crippen molar-refractivity contribution in [2.45, 2.75) is 26.2 Å². The SMILES string of the molecule is CC(=O)C[C@@H](c1ccccc1)[C@H](C)/C=C\C#N. The van der Waals surface area contributed by atoms with Crippen molar-refractivity contribution in [3.05, 3.63) is 48.0 Å². The summed E-state index contributed by atoms with van der Waals surface area (Å²) in [5.41, 5.74) is 1.15. The molecule has 0 saturated heterocycles. The van der Waals surface area contributed by atoms with Crippen molar-refractivity contribution in [2.75, 3.05) is 0 Å². The number of Topliss-reactive ketones (excluding diaryl/α,β-unsaturated/α-hetero) is 1. The first kappa shape index (κ1) is 13.2. The van der Waals surface area contributed by atoms with Gasteiger partial charge in [0, 0.05) is 12.5 Å². The van der Waals surface area contributed by atoms with E-state index in [-0.39, 0.29) is 17.6 Å². The van der Waals surface area contributed by atoms with Crippen LogP contribution in [0.5, 0.6) is 0 Å². The van der Waals surface area contributed by atoms with E-state index in [1.54, 1.807) is 6.92 Å². The first-order chi connectivity index (χ1) is 8.15. The molecule has 0 aliphatic heterocycles. The maximum absolute atomic E-state index is 11.3. The summed E-state index contributed by atoms with van der Waals surface area (Å²) in [7, 11) is 0. The van der Waals surface area contributed by atoms with E-state index in [1.807, 2.05) is 49.4 Å². The summed E-state index contributed by atoms with van der Waals surface area (Å²) >= 11 is 0. The highest BCUT2D eigenvalue weighted by molar-refractivity contribution is 5.76. The molecule has 0 spiro atoms. The summed E-state index contributed by atoms with van der Waals surface area (Å²) in [5.74, 6) is 0.510. The number of nitrogens with zero attached hydrogens (tertiary/aromatic N) is 1. The van der Waals surface area contributed by atoms with Gasteiger partial charge in [-0.15, -0.1) is 0 Å². The van der Waals surface area contributed by atoms with Crippen LogP contribution < -0.4 is 0 Å². The van der Waals surface area contributed by atoms with Crippen molar-refractivity contribution < 1.29 is 4.79 Å². The van der Waals surface area contributed by atoms with Crippen molar-refractivity contribution in [1.29, 1.82) is 5.26 Å². The van der Waals surface area contributed by atoms with E-state index in [0.29, 0.717) is 6.42 Å². The molecule has 17 heavy (non-hydrogen) atoms. The fourth-order valence-corrected chi connectivity index (χ4v) is 1.95. The van der Waals surface area contributed by atoms with E-state index in [2.05, 4.69) is 0 Å². The van der Waals surface area contributed by atoms with Crippen LogP contribution in [0.4, 0.5) is 0 Å². The minimum Gasteiger partial charge on any atom is -0.300 e. The Kier molecular flexibility index (Phi) is 5.16. The highest BCUT2D eigenvalue weighted by Crippen LogP contribution is 2.29. The number of hydrogen-bond donors (Lipinski definition) is 0. The van der Waals surface area contributed by atoms with Crippen molar-refractivity contribution in [3.8, 4) is 6.07 Å². The topological polar surface area (TPSA) is 40.9 Å². The number of allylic oxidation sites excluding steroid dienone is 2. The normalized spacial score (nSPS) is 14.2. The maximum Gasteiger partial charge on any atom is 0.130 e. The van der Waals surface area contributed by atoms with Crippen LogP contribution in [-0.2, 0) is 4.79 Å². The molecule has 0 aliphatic rings. The highest BCUT2D eigenvalue weighted by atomic mass is 16.1. The zero-order valence-electron chi connectivity index (χ0n) is 10.3. The van der Waals surface area contributed by atoms with Gasteiger partial charge in [0.2, 0.25) is 0 Å². The molecular weight excluding hydrogens is 210 g/mol. The predicted octanol–water partition coefficient (Wildman–Crippen LogP) is 3.47. The number of carbonyl (C=O) groups is 1. The first-order valence-corrected chi connectivity index (χ1v) is 5.75. The molecule has 0 saturated carbocycles. The third-order valence-electron chi connectivity index (χ3n) is 2.84. The second-order valence-electron chi connectivity index (χ2n) is 4.27. The van der Waals surface area contributed by atoms with E-state index in [0.717, 1.165) is 5.56 Å². The third kappa shape index (κ3) is 4.24. The van der Waals surface area contributed by atoms with Crippen molar-refractivity contribution in [1.82, 2.24) is 0 Å². The lowest BCUT2D eigenvalue weighted by atomic mass is 9.83. The number of benzene rings is 1.